The van der Waals surface area contributed by atoms with Crippen molar-refractivity contribution in [3.05, 3.63) is 41.7 Å². The van der Waals surface area contributed by atoms with E-state index in [0.29, 0.717) is 0 Å². The highest BCUT2D eigenvalue weighted by Crippen LogP contribution is 2.30. The molecule has 1 aromatic heterocycles. The minimum Gasteiger partial charge on any atom is -0.348 e. The Kier molecular flexibility index (Phi) is 4.47. The molecule has 0 bridgehead atoms. The number of amides is 1. The van der Waals surface area contributed by atoms with Crippen LogP contribution in [-0.2, 0) is 18.3 Å². The van der Waals surface area contributed by atoms with E-state index >= 15 is 0 Å². The van der Waals surface area contributed by atoms with Crippen molar-refractivity contribution in [2.24, 2.45) is 7.05 Å². The van der Waals surface area contributed by atoms with Crippen LogP contribution in [0.4, 0.5) is 0 Å². The van der Waals surface area contributed by atoms with Crippen LogP contribution in [0.3, 0.4) is 0 Å². The molecule has 5 nitrogen and oxygen atoms in total. The Hall–Kier alpha value is -1.82. The lowest BCUT2D eigenvalue weighted by Crippen LogP contribution is -2.36. The zero-order valence-electron chi connectivity index (χ0n) is 12.8. The van der Waals surface area contributed by atoms with E-state index in [4.69, 9.17) is 0 Å². The maximum absolute atomic E-state index is 12.5. The summed E-state index contributed by atoms with van der Waals surface area (Å²) in [5.41, 5.74) is 2.62. The molecule has 1 heterocycles. The van der Waals surface area contributed by atoms with Gasteiger partial charge in [-0.05, 0) is 37.3 Å². The first-order valence-corrected chi connectivity index (χ1v) is 8.42. The van der Waals surface area contributed by atoms with Crippen molar-refractivity contribution in [2.75, 3.05) is 0 Å². The summed E-state index contributed by atoms with van der Waals surface area (Å²) >= 11 is 1.43. The molecule has 1 aliphatic carbocycles. The molecule has 0 fully saturated rings. The van der Waals surface area contributed by atoms with Crippen molar-refractivity contribution in [2.45, 2.75) is 42.6 Å². The third-order valence-electron chi connectivity index (χ3n) is 4.01. The van der Waals surface area contributed by atoms with Crippen LogP contribution < -0.4 is 5.32 Å². The SMILES string of the molecule is CC(Sc1nncn1C)C(=O)NC1CCCc2ccccc21. The van der Waals surface area contributed by atoms with E-state index in [2.05, 4.69) is 33.7 Å². The third-order valence-corrected chi connectivity index (χ3v) is 5.16. The van der Waals surface area contributed by atoms with Gasteiger partial charge >= 0.3 is 0 Å². The minimum atomic E-state index is -0.197. The van der Waals surface area contributed by atoms with Crippen LogP contribution in [0.1, 0.15) is 36.9 Å². The van der Waals surface area contributed by atoms with Crippen LogP contribution in [0.5, 0.6) is 0 Å². The minimum absolute atomic E-state index is 0.0507. The van der Waals surface area contributed by atoms with Gasteiger partial charge < -0.3 is 9.88 Å². The van der Waals surface area contributed by atoms with Gasteiger partial charge in [-0.15, -0.1) is 10.2 Å². The Balaban J connectivity index is 1.66. The fourth-order valence-corrected chi connectivity index (χ4v) is 3.58. The average Bonchev–Trinajstić information content (AvgIpc) is 2.93. The zero-order chi connectivity index (χ0) is 15.5. The topological polar surface area (TPSA) is 59.8 Å². The fourth-order valence-electron chi connectivity index (χ4n) is 2.78. The Morgan fingerprint density at radius 3 is 3.05 bits per heavy atom. The van der Waals surface area contributed by atoms with Gasteiger partial charge in [-0.25, -0.2) is 0 Å². The first-order valence-electron chi connectivity index (χ1n) is 7.54. The number of carbonyl (C=O) groups excluding carboxylic acids is 1. The molecule has 1 N–H and O–H groups in total. The van der Waals surface area contributed by atoms with Crippen molar-refractivity contribution in [1.29, 1.82) is 0 Å². The number of nitrogens with one attached hydrogen (secondary N) is 1. The predicted molar refractivity (Wildman–Crippen MR) is 86.6 cm³/mol. The molecular formula is C16H20N4OS. The summed E-state index contributed by atoms with van der Waals surface area (Å²) in [5.74, 6) is 0.0507. The van der Waals surface area contributed by atoms with Crippen molar-refractivity contribution in [3.63, 3.8) is 0 Å². The Morgan fingerprint density at radius 1 is 1.45 bits per heavy atom. The summed E-state index contributed by atoms with van der Waals surface area (Å²) < 4.78 is 1.82. The first-order chi connectivity index (χ1) is 10.6. The Bertz CT molecular complexity index is 670. The largest absolute Gasteiger partial charge is 0.348 e. The average molecular weight is 316 g/mol. The van der Waals surface area contributed by atoms with Crippen LogP contribution >= 0.6 is 11.8 Å². The van der Waals surface area contributed by atoms with Crippen LogP contribution in [-0.4, -0.2) is 25.9 Å². The van der Waals surface area contributed by atoms with Gasteiger partial charge in [0, 0.05) is 7.05 Å². The van der Waals surface area contributed by atoms with Gasteiger partial charge in [-0.2, -0.15) is 0 Å². The standard InChI is InChI=1S/C16H20N4OS/c1-11(22-16-19-17-10-20(16)2)15(21)18-14-9-5-7-12-6-3-4-8-13(12)14/h3-4,6,8,10-11,14H,5,7,9H2,1-2H3,(H,18,21). The van der Waals surface area contributed by atoms with Gasteiger partial charge in [-0.1, -0.05) is 36.0 Å². The molecule has 2 aromatic rings. The number of benzene rings is 1. The summed E-state index contributed by atoms with van der Waals surface area (Å²) in [6.45, 7) is 1.91. The zero-order valence-corrected chi connectivity index (χ0v) is 13.6. The normalized spacial score (nSPS) is 18.5. The van der Waals surface area contributed by atoms with Crippen LogP contribution in [0.2, 0.25) is 0 Å². The third kappa shape index (κ3) is 3.16. The Morgan fingerprint density at radius 2 is 2.27 bits per heavy atom. The molecule has 0 saturated carbocycles. The summed E-state index contributed by atoms with van der Waals surface area (Å²) in [5, 5.41) is 11.6. The van der Waals surface area contributed by atoms with E-state index < -0.39 is 0 Å². The maximum Gasteiger partial charge on any atom is 0.233 e. The van der Waals surface area contributed by atoms with Crippen LogP contribution in [0, 0.1) is 0 Å². The Labute approximate surface area is 134 Å². The smallest absolute Gasteiger partial charge is 0.233 e. The molecule has 0 aliphatic heterocycles. The summed E-state index contributed by atoms with van der Waals surface area (Å²) in [7, 11) is 1.88. The van der Waals surface area contributed by atoms with E-state index in [0.717, 1.165) is 24.4 Å². The number of rotatable bonds is 4. The van der Waals surface area contributed by atoms with E-state index in [9.17, 15) is 4.79 Å². The van der Waals surface area contributed by atoms with Crippen LogP contribution in [0.25, 0.3) is 0 Å². The van der Waals surface area contributed by atoms with Gasteiger partial charge in [-0.3, -0.25) is 4.79 Å². The summed E-state index contributed by atoms with van der Waals surface area (Å²) in [6, 6.07) is 8.52. The summed E-state index contributed by atoms with van der Waals surface area (Å²) in [6.07, 6.45) is 4.87. The second-order valence-electron chi connectivity index (χ2n) is 5.64. The number of hydrogen-bond donors (Lipinski definition) is 1. The van der Waals surface area contributed by atoms with E-state index in [1.54, 1.807) is 6.33 Å². The quantitative estimate of drug-likeness (QED) is 0.881. The van der Waals surface area contributed by atoms with Gasteiger partial charge in [0.15, 0.2) is 5.16 Å². The molecule has 2 atom stereocenters. The number of aryl methyl sites for hydroxylation is 2. The molecule has 1 aromatic carbocycles. The molecule has 6 heteroatoms. The molecule has 2 unspecified atom stereocenters. The lowest BCUT2D eigenvalue weighted by molar-refractivity contribution is -0.121. The lowest BCUT2D eigenvalue weighted by atomic mass is 9.88. The van der Waals surface area contributed by atoms with E-state index in [1.165, 1.54) is 22.9 Å². The molecule has 0 radical (unpaired) electrons. The number of hydrogen-bond acceptors (Lipinski definition) is 4. The van der Waals surface area contributed by atoms with Crippen molar-refractivity contribution < 1.29 is 4.79 Å². The lowest BCUT2D eigenvalue weighted by Gasteiger charge is -2.27. The van der Waals surface area contributed by atoms with Gasteiger partial charge in [0.2, 0.25) is 5.91 Å². The molecule has 1 aliphatic rings. The molecule has 116 valence electrons. The first kappa shape index (κ1) is 15.1. The van der Waals surface area contributed by atoms with Crippen LogP contribution in [0.15, 0.2) is 35.7 Å². The van der Waals surface area contributed by atoms with Crippen molar-refractivity contribution >= 4 is 17.7 Å². The van der Waals surface area contributed by atoms with Crippen molar-refractivity contribution in [1.82, 2.24) is 20.1 Å². The number of nitrogens with zero attached hydrogens (tertiary/aromatic N) is 3. The van der Waals surface area contributed by atoms with Gasteiger partial charge in [0.05, 0.1) is 11.3 Å². The summed E-state index contributed by atoms with van der Waals surface area (Å²) in [4.78, 5) is 12.5. The number of aromatic nitrogens is 3. The highest BCUT2D eigenvalue weighted by Gasteiger charge is 2.24. The van der Waals surface area contributed by atoms with E-state index in [-0.39, 0.29) is 17.2 Å². The second-order valence-corrected chi connectivity index (χ2v) is 6.94. The van der Waals surface area contributed by atoms with E-state index in [1.807, 2.05) is 24.6 Å². The highest BCUT2D eigenvalue weighted by molar-refractivity contribution is 8.00. The monoisotopic (exact) mass is 316 g/mol. The van der Waals surface area contributed by atoms with Gasteiger partial charge in [0.25, 0.3) is 0 Å². The molecule has 22 heavy (non-hydrogen) atoms. The molecule has 1 amide bonds. The maximum atomic E-state index is 12.5. The molecule has 3 rings (SSSR count). The molecular weight excluding hydrogens is 296 g/mol. The number of fused-ring (bicyclic) bond motifs is 1. The number of carbonyl (C=O) groups is 1. The molecule has 0 saturated heterocycles. The number of thioether (sulfide) groups is 1. The van der Waals surface area contributed by atoms with Crippen molar-refractivity contribution in [3.8, 4) is 0 Å². The fraction of sp³-hybridized carbons (Fsp3) is 0.438. The second kappa shape index (κ2) is 6.52. The molecule has 0 spiro atoms. The predicted octanol–water partition coefficient (Wildman–Crippen LogP) is 2.49. The van der Waals surface area contributed by atoms with Gasteiger partial charge in [0.1, 0.15) is 6.33 Å². The highest BCUT2D eigenvalue weighted by atomic mass is 32.2.